The molecule has 0 saturated heterocycles. The number of hydrogen-bond acceptors (Lipinski definition) is 7. The van der Waals surface area contributed by atoms with E-state index in [2.05, 4.69) is 24.9 Å². The van der Waals surface area contributed by atoms with Crippen LogP contribution in [0, 0.1) is 0 Å². The quantitative estimate of drug-likeness (QED) is 0.542. The maximum atomic E-state index is 12.3. The van der Waals surface area contributed by atoms with Crippen molar-refractivity contribution in [1.82, 2.24) is 14.7 Å². The second kappa shape index (κ2) is 7.82. The van der Waals surface area contributed by atoms with Crippen LogP contribution < -0.4 is 14.9 Å². The van der Waals surface area contributed by atoms with Gasteiger partial charge in [-0.25, -0.2) is 18.1 Å². The van der Waals surface area contributed by atoms with Gasteiger partial charge in [-0.15, -0.1) is 0 Å². The zero-order valence-electron chi connectivity index (χ0n) is 16.8. The van der Waals surface area contributed by atoms with Crippen LogP contribution in [0.4, 0.5) is 23.1 Å². The minimum Gasteiger partial charge on any atom is -0.508 e. The van der Waals surface area contributed by atoms with E-state index in [0.29, 0.717) is 11.6 Å². The van der Waals surface area contributed by atoms with Crippen LogP contribution in [-0.4, -0.2) is 36.1 Å². The van der Waals surface area contributed by atoms with Gasteiger partial charge in [-0.05, 0) is 79.8 Å². The molecule has 0 spiro atoms. The Morgan fingerprint density at radius 3 is 2.65 bits per heavy atom. The zero-order valence-corrected chi connectivity index (χ0v) is 17.6. The number of aryl methyl sites for hydroxylation is 1. The van der Waals surface area contributed by atoms with Gasteiger partial charge in [0.2, 0.25) is 16.0 Å². The molecule has 1 aliphatic carbocycles. The molecule has 3 aromatic rings. The van der Waals surface area contributed by atoms with E-state index in [1.165, 1.54) is 0 Å². The monoisotopic (exact) mass is 437 g/mol. The maximum absolute atomic E-state index is 12.3. The van der Waals surface area contributed by atoms with E-state index >= 15 is 0 Å². The molecule has 8 nitrogen and oxygen atoms in total. The van der Waals surface area contributed by atoms with Crippen LogP contribution in [0.1, 0.15) is 24.8 Å². The van der Waals surface area contributed by atoms with Gasteiger partial charge in [0.15, 0.2) is 0 Å². The highest BCUT2D eigenvalue weighted by Crippen LogP contribution is 2.34. The van der Waals surface area contributed by atoms with Crippen LogP contribution in [0.5, 0.6) is 5.75 Å². The molecular formula is C22H23N5O3S. The van der Waals surface area contributed by atoms with Gasteiger partial charge < -0.3 is 15.3 Å². The molecule has 0 radical (unpaired) electrons. The van der Waals surface area contributed by atoms with Crippen molar-refractivity contribution >= 4 is 33.2 Å². The molecule has 1 aromatic heterocycles. The highest BCUT2D eigenvalue weighted by atomic mass is 32.2. The fraction of sp³-hybridized carbons (Fsp3) is 0.273. The molecule has 3 N–H and O–H groups in total. The summed E-state index contributed by atoms with van der Waals surface area (Å²) >= 11 is 0. The first-order valence-electron chi connectivity index (χ1n) is 10.3. The highest BCUT2D eigenvalue weighted by Gasteiger charge is 2.27. The van der Waals surface area contributed by atoms with Gasteiger partial charge in [-0.2, -0.15) is 4.98 Å². The number of phenols is 1. The van der Waals surface area contributed by atoms with Gasteiger partial charge in [0.1, 0.15) is 11.6 Å². The van der Waals surface area contributed by atoms with E-state index in [1.54, 1.807) is 42.6 Å². The molecule has 0 amide bonds. The lowest BCUT2D eigenvalue weighted by atomic mass is 10.0. The topological polar surface area (TPSA) is 107 Å². The third kappa shape index (κ3) is 4.33. The predicted octanol–water partition coefficient (Wildman–Crippen LogP) is 3.45. The van der Waals surface area contributed by atoms with Gasteiger partial charge in [0.25, 0.3) is 0 Å². The lowest BCUT2D eigenvalue weighted by molar-refractivity contribution is 0.474. The zero-order chi connectivity index (χ0) is 21.4. The van der Waals surface area contributed by atoms with Crippen molar-refractivity contribution in [2.75, 3.05) is 16.8 Å². The number of aromatic nitrogens is 2. The van der Waals surface area contributed by atoms with Crippen molar-refractivity contribution in [3.8, 4) is 5.75 Å². The van der Waals surface area contributed by atoms with Crippen LogP contribution in [0.2, 0.25) is 0 Å². The Hall–Kier alpha value is -3.17. The molecule has 1 fully saturated rings. The molecule has 2 aliphatic rings. The second-order valence-corrected chi connectivity index (χ2v) is 9.57. The van der Waals surface area contributed by atoms with Crippen LogP contribution in [0.3, 0.4) is 0 Å². The fourth-order valence-corrected chi connectivity index (χ4v) is 5.02. The second-order valence-electron chi connectivity index (χ2n) is 7.85. The number of rotatable bonds is 6. The molecule has 31 heavy (non-hydrogen) atoms. The molecule has 9 heteroatoms. The van der Waals surface area contributed by atoms with Gasteiger partial charge in [-0.3, -0.25) is 0 Å². The Balaban J connectivity index is 1.35. The first-order valence-corrected chi connectivity index (χ1v) is 11.8. The van der Waals surface area contributed by atoms with Crippen molar-refractivity contribution in [3.05, 3.63) is 60.3 Å². The molecule has 0 unspecified atom stereocenters. The average molecular weight is 438 g/mol. The van der Waals surface area contributed by atoms with Crippen molar-refractivity contribution in [1.29, 1.82) is 0 Å². The Bertz CT molecular complexity index is 1210. The summed E-state index contributed by atoms with van der Waals surface area (Å²) in [5.41, 5.74) is 2.83. The maximum Gasteiger partial charge on any atom is 0.240 e. The summed E-state index contributed by atoms with van der Waals surface area (Å²) in [4.78, 5) is 11.3. The molecule has 5 rings (SSSR count). The molecule has 160 valence electrons. The number of hydrogen-bond donors (Lipinski definition) is 3. The number of nitrogens with one attached hydrogen (secondary N) is 2. The minimum absolute atomic E-state index is 0.0721. The number of anilines is 4. The standard InChI is InChI=1S/C22H23N5O3S/c28-18-7-10-20-15(14-18)2-1-13-27(20)21-11-12-23-22(25-21)24-16-5-8-19(9-6-16)31(29,30)26-17-3-4-17/h5-12,14,17,26,28H,1-4,13H2,(H,23,24,25). The van der Waals surface area contributed by atoms with Gasteiger partial charge >= 0.3 is 0 Å². The van der Waals surface area contributed by atoms with Gasteiger partial charge in [-0.1, -0.05) is 0 Å². The van der Waals surface area contributed by atoms with E-state index in [9.17, 15) is 13.5 Å². The van der Waals surface area contributed by atoms with Gasteiger partial charge in [0.05, 0.1) is 4.90 Å². The van der Waals surface area contributed by atoms with E-state index in [0.717, 1.165) is 49.3 Å². The number of phenolic OH excluding ortho intramolecular Hbond substituents is 1. The summed E-state index contributed by atoms with van der Waals surface area (Å²) in [5.74, 6) is 1.45. The van der Waals surface area contributed by atoms with Crippen LogP contribution in [0.25, 0.3) is 0 Å². The summed E-state index contributed by atoms with van der Waals surface area (Å²) in [6.07, 6.45) is 5.37. The lowest BCUT2D eigenvalue weighted by Crippen LogP contribution is -2.25. The largest absolute Gasteiger partial charge is 0.508 e. The summed E-state index contributed by atoms with van der Waals surface area (Å²) in [5, 5.41) is 12.9. The Morgan fingerprint density at radius 1 is 1.06 bits per heavy atom. The molecule has 0 bridgehead atoms. The summed E-state index contributed by atoms with van der Waals surface area (Å²) in [7, 11) is -3.47. The summed E-state index contributed by atoms with van der Waals surface area (Å²) in [6, 6.07) is 13.9. The third-order valence-electron chi connectivity index (χ3n) is 5.42. The number of sulfonamides is 1. The molecule has 2 heterocycles. The van der Waals surface area contributed by atoms with Crippen molar-refractivity contribution in [3.63, 3.8) is 0 Å². The molecule has 0 atom stereocenters. The SMILES string of the molecule is O=S(=O)(NC1CC1)c1ccc(Nc2nccc(N3CCCc4cc(O)ccc43)n2)cc1. The molecule has 1 aliphatic heterocycles. The Labute approximate surface area is 181 Å². The third-order valence-corrected chi connectivity index (χ3v) is 6.96. The van der Waals surface area contributed by atoms with Crippen molar-refractivity contribution in [2.45, 2.75) is 36.6 Å². The lowest BCUT2D eigenvalue weighted by Gasteiger charge is -2.30. The number of aromatic hydroxyl groups is 1. The van der Waals surface area contributed by atoms with Gasteiger partial charge in [0, 0.05) is 30.2 Å². The van der Waals surface area contributed by atoms with Crippen LogP contribution >= 0.6 is 0 Å². The van der Waals surface area contributed by atoms with Crippen LogP contribution in [-0.2, 0) is 16.4 Å². The Kier molecular flexibility index (Phi) is 4.99. The fourth-order valence-electron chi connectivity index (χ4n) is 3.72. The van der Waals surface area contributed by atoms with E-state index in [-0.39, 0.29) is 16.7 Å². The first-order chi connectivity index (χ1) is 15.0. The highest BCUT2D eigenvalue weighted by molar-refractivity contribution is 7.89. The Morgan fingerprint density at radius 2 is 1.87 bits per heavy atom. The molecule has 1 saturated carbocycles. The smallest absolute Gasteiger partial charge is 0.240 e. The summed E-state index contributed by atoms with van der Waals surface area (Å²) < 4.78 is 27.3. The molecule has 2 aromatic carbocycles. The average Bonchev–Trinajstić information content (AvgIpc) is 3.57. The van der Waals surface area contributed by atoms with E-state index < -0.39 is 10.0 Å². The number of nitrogens with zero attached hydrogens (tertiary/aromatic N) is 3. The van der Waals surface area contributed by atoms with Crippen LogP contribution in [0.15, 0.2) is 59.6 Å². The number of fused-ring (bicyclic) bond motifs is 1. The first kappa shape index (κ1) is 19.8. The minimum atomic E-state index is -3.47. The predicted molar refractivity (Wildman–Crippen MR) is 119 cm³/mol. The summed E-state index contributed by atoms with van der Waals surface area (Å²) in [6.45, 7) is 0.828. The molecular weight excluding hydrogens is 414 g/mol. The normalized spacial score (nSPS) is 16.1. The van der Waals surface area contributed by atoms with Crippen molar-refractivity contribution in [2.24, 2.45) is 0 Å². The number of benzene rings is 2. The van der Waals surface area contributed by atoms with E-state index in [1.807, 2.05) is 12.1 Å². The van der Waals surface area contributed by atoms with E-state index in [4.69, 9.17) is 0 Å². The van der Waals surface area contributed by atoms with Crippen molar-refractivity contribution < 1.29 is 13.5 Å².